The zero-order valence-electron chi connectivity index (χ0n) is 8.95. The van der Waals surface area contributed by atoms with E-state index in [0.29, 0.717) is 23.0 Å². The molecule has 2 N–H and O–H groups in total. The van der Waals surface area contributed by atoms with Crippen molar-refractivity contribution in [3.8, 4) is 0 Å². The predicted octanol–water partition coefficient (Wildman–Crippen LogP) is 3.31. The Morgan fingerprint density at radius 1 is 1.06 bits per heavy atom. The van der Waals surface area contributed by atoms with Gasteiger partial charge in [0.15, 0.2) is 11.6 Å². The van der Waals surface area contributed by atoms with Gasteiger partial charge in [0, 0.05) is 4.90 Å². The molecule has 0 aliphatic rings. The molecule has 5 heteroatoms. The SMILES string of the molecule is NCc1ccc(CSc2ccc(F)c(F)c2)o1. The van der Waals surface area contributed by atoms with Gasteiger partial charge in [-0.05, 0) is 30.3 Å². The topological polar surface area (TPSA) is 39.2 Å². The lowest BCUT2D eigenvalue weighted by Gasteiger charge is -2.00. The second-order valence-electron chi connectivity index (χ2n) is 3.44. The molecule has 17 heavy (non-hydrogen) atoms. The first kappa shape index (κ1) is 12.1. The molecule has 2 nitrogen and oxygen atoms in total. The molecule has 1 aromatic carbocycles. The van der Waals surface area contributed by atoms with Gasteiger partial charge in [-0.15, -0.1) is 11.8 Å². The largest absolute Gasteiger partial charge is 0.464 e. The maximum Gasteiger partial charge on any atom is 0.159 e. The summed E-state index contributed by atoms with van der Waals surface area (Å²) in [6, 6.07) is 7.46. The van der Waals surface area contributed by atoms with Crippen LogP contribution in [0.15, 0.2) is 39.6 Å². The molecule has 2 aromatic rings. The molecule has 0 amide bonds. The normalized spacial score (nSPS) is 10.8. The fraction of sp³-hybridized carbons (Fsp3) is 0.167. The van der Waals surface area contributed by atoms with E-state index in [0.717, 1.165) is 11.8 Å². The Kier molecular flexibility index (Phi) is 3.81. The van der Waals surface area contributed by atoms with Crippen LogP contribution in [0.2, 0.25) is 0 Å². The maximum atomic E-state index is 12.9. The fourth-order valence-electron chi connectivity index (χ4n) is 1.33. The van der Waals surface area contributed by atoms with Gasteiger partial charge in [-0.2, -0.15) is 0 Å². The van der Waals surface area contributed by atoms with Gasteiger partial charge >= 0.3 is 0 Å². The molecule has 1 aromatic heterocycles. The number of hydrogen-bond donors (Lipinski definition) is 1. The van der Waals surface area contributed by atoms with E-state index in [9.17, 15) is 8.78 Å². The summed E-state index contributed by atoms with van der Waals surface area (Å²) in [7, 11) is 0. The van der Waals surface area contributed by atoms with Gasteiger partial charge in [-0.3, -0.25) is 0 Å². The van der Waals surface area contributed by atoms with Crippen molar-refractivity contribution in [2.75, 3.05) is 0 Å². The first-order valence-electron chi connectivity index (χ1n) is 5.04. The first-order valence-corrected chi connectivity index (χ1v) is 6.03. The lowest BCUT2D eigenvalue weighted by Crippen LogP contribution is -1.92. The summed E-state index contributed by atoms with van der Waals surface area (Å²) in [4.78, 5) is 0.662. The van der Waals surface area contributed by atoms with Crippen molar-refractivity contribution in [3.05, 3.63) is 53.5 Å². The van der Waals surface area contributed by atoms with Crippen molar-refractivity contribution in [2.24, 2.45) is 5.73 Å². The smallest absolute Gasteiger partial charge is 0.159 e. The predicted molar refractivity (Wildman–Crippen MR) is 62.5 cm³/mol. The molecule has 0 aliphatic carbocycles. The molecule has 1 heterocycles. The Bertz CT molecular complexity index is 513. The van der Waals surface area contributed by atoms with Gasteiger partial charge in [0.1, 0.15) is 11.5 Å². The van der Waals surface area contributed by atoms with E-state index in [1.807, 2.05) is 6.07 Å². The zero-order valence-corrected chi connectivity index (χ0v) is 9.77. The van der Waals surface area contributed by atoms with Crippen LogP contribution in [0.1, 0.15) is 11.5 Å². The van der Waals surface area contributed by atoms with Crippen molar-refractivity contribution in [1.82, 2.24) is 0 Å². The third-order valence-corrected chi connectivity index (χ3v) is 3.21. The van der Waals surface area contributed by atoms with Gasteiger partial charge in [0.05, 0.1) is 12.3 Å². The first-order chi connectivity index (χ1) is 8.19. The molecule has 0 saturated carbocycles. The molecule has 2 rings (SSSR count). The summed E-state index contributed by atoms with van der Waals surface area (Å²) in [5.41, 5.74) is 5.42. The van der Waals surface area contributed by atoms with Crippen molar-refractivity contribution in [1.29, 1.82) is 0 Å². The molecular weight excluding hydrogens is 244 g/mol. The molecule has 0 atom stereocenters. The molecule has 0 spiro atoms. The van der Waals surface area contributed by atoms with Crippen molar-refractivity contribution in [2.45, 2.75) is 17.2 Å². The van der Waals surface area contributed by atoms with Crippen LogP contribution in [-0.2, 0) is 12.3 Å². The Hall–Kier alpha value is -1.33. The number of hydrogen-bond acceptors (Lipinski definition) is 3. The number of furan rings is 1. The van der Waals surface area contributed by atoms with Crippen LogP contribution in [0.3, 0.4) is 0 Å². The molecule has 90 valence electrons. The van der Waals surface area contributed by atoms with E-state index in [-0.39, 0.29) is 0 Å². The second-order valence-corrected chi connectivity index (χ2v) is 4.49. The molecule has 0 saturated heterocycles. The monoisotopic (exact) mass is 255 g/mol. The highest BCUT2D eigenvalue weighted by Crippen LogP contribution is 2.25. The van der Waals surface area contributed by atoms with Crippen LogP contribution in [0, 0.1) is 11.6 Å². The van der Waals surface area contributed by atoms with E-state index >= 15 is 0 Å². The highest BCUT2D eigenvalue weighted by Gasteiger charge is 2.05. The van der Waals surface area contributed by atoms with Crippen molar-refractivity contribution >= 4 is 11.8 Å². The van der Waals surface area contributed by atoms with E-state index in [1.165, 1.54) is 23.9 Å². The summed E-state index contributed by atoms with van der Waals surface area (Å²) in [5, 5.41) is 0. The van der Waals surface area contributed by atoms with Crippen LogP contribution >= 0.6 is 11.8 Å². The van der Waals surface area contributed by atoms with Gasteiger partial charge in [0.2, 0.25) is 0 Å². The van der Waals surface area contributed by atoms with E-state index < -0.39 is 11.6 Å². The minimum Gasteiger partial charge on any atom is -0.464 e. The van der Waals surface area contributed by atoms with Crippen LogP contribution in [0.25, 0.3) is 0 Å². The van der Waals surface area contributed by atoms with E-state index in [2.05, 4.69) is 0 Å². The summed E-state index contributed by atoms with van der Waals surface area (Å²) >= 11 is 1.38. The minimum absolute atomic E-state index is 0.357. The minimum atomic E-state index is -0.836. The molecule has 0 unspecified atom stereocenters. The van der Waals surface area contributed by atoms with Crippen LogP contribution in [-0.4, -0.2) is 0 Å². The third-order valence-electron chi connectivity index (χ3n) is 2.19. The Morgan fingerprint density at radius 2 is 1.82 bits per heavy atom. The Morgan fingerprint density at radius 3 is 2.47 bits per heavy atom. The lowest BCUT2D eigenvalue weighted by atomic mass is 10.3. The molecular formula is C12H11F2NOS. The highest BCUT2D eigenvalue weighted by molar-refractivity contribution is 7.98. The van der Waals surface area contributed by atoms with Gasteiger partial charge in [-0.1, -0.05) is 0 Å². The molecule has 0 aliphatic heterocycles. The number of benzene rings is 1. The van der Waals surface area contributed by atoms with E-state index in [1.54, 1.807) is 6.07 Å². The zero-order chi connectivity index (χ0) is 12.3. The van der Waals surface area contributed by atoms with Gasteiger partial charge in [0.25, 0.3) is 0 Å². The average molecular weight is 255 g/mol. The third kappa shape index (κ3) is 3.08. The van der Waals surface area contributed by atoms with Crippen LogP contribution in [0.5, 0.6) is 0 Å². The summed E-state index contributed by atoms with van der Waals surface area (Å²) in [6.45, 7) is 0.357. The van der Waals surface area contributed by atoms with Gasteiger partial charge < -0.3 is 10.2 Å². The number of nitrogens with two attached hydrogens (primary N) is 1. The van der Waals surface area contributed by atoms with Crippen LogP contribution < -0.4 is 5.73 Å². The average Bonchev–Trinajstić information content (AvgIpc) is 2.79. The van der Waals surface area contributed by atoms with Gasteiger partial charge in [-0.25, -0.2) is 8.78 Å². The molecule has 0 fully saturated rings. The Labute approximate surface area is 102 Å². The number of rotatable bonds is 4. The van der Waals surface area contributed by atoms with Crippen LogP contribution in [0.4, 0.5) is 8.78 Å². The van der Waals surface area contributed by atoms with Crippen molar-refractivity contribution in [3.63, 3.8) is 0 Å². The fourth-order valence-corrected chi connectivity index (χ4v) is 2.15. The summed E-state index contributed by atoms with van der Waals surface area (Å²) < 4.78 is 31.0. The van der Waals surface area contributed by atoms with E-state index in [4.69, 9.17) is 10.2 Å². The second kappa shape index (κ2) is 5.33. The standard InChI is InChI=1S/C12H11F2NOS/c13-11-4-3-10(5-12(11)14)17-7-9-2-1-8(6-15)16-9/h1-5H,6-7,15H2. The highest BCUT2D eigenvalue weighted by atomic mass is 32.2. The van der Waals surface area contributed by atoms with Crippen molar-refractivity contribution < 1.29 is 13.2 Å². The quantitative estimate of drug-likeness (QED) is 0.852. The number of thioether (sulfide) groups is 1. The molecule has 0 bridgehead atoms. The summed E-state index contributed by atoms with van der Waals surface area (Å²) in [6.07, 6.45) is 0. The Balaban J connectivity index is 1.99. The molecule has 0 radical (unpaired) electrons. The number of halogens is 2. The maximum absolute atomic E-state index is 12.9. The lowest BCUT2D eigenvalue weighted by molar-refractivity contribution is 0.482. The summed E-state index contributed by atoms with van der Waals surface area (Å²) in [5.74, 6) is 0.367.